The fourth-order valence-corrected chi connectivity index (χ4v) is 2.62. The number of ether oxygens (including phenoxy) is 3. The molecule has 2 aromatic carbocycles. The van der Waals surface area contributed by atoms with Crippen LogP contribution in [-0.4, -0.2) is 37.4 Å². The minimum atomic E-state index is -0.582. The Bertz CT molecular complexity index is 828. The van der Waals surface area contributed by atoms with Gasteiger partial charge in [-0.1, -0.05) is 30.3 Å². The van der Waals surface area contributed by atoms with Gasteiger partial charge in [-0.05, 0) is 18.2 Å². The number of esters is 1. The van der Waals surface area contributed by atoms with E-state index in [1.54, 1.807) is 48.5 Å². The van der Waals surface area contributed by atoms with Gasteiger partial charge < -0.3 is 14.2 Å². The van der Waals surface area contributed by atoms with E-state index in [-0.39, 0.29) is 31.0 Å². The molecule has 27 heavy (non-hydrogen) atoms. The lowest BCUT2D eigenvalue weighted by Gasteiger charge is -2.09. The Labute approximate surface area is 157 Å². The predicted octanol–water partition coefficient (Wildman–Crippen LogP) is 3.24. The van der Waals surface area contributed by atoms with Crippen molar-refractivity contribution in [3.63, 3.8) is 0 Å². The highest BCUT2D eigenvalue weighted by Crippen LogP contribution is 2.30. The van der Waals surface area contributed by atoms with Gasteiger partial charge in [0, 0.05) is 24.0 Å². The maximum atomic E-state index is 12.3. The highest BCUT2D eigenvalue weighted by Gasteiger charge is 2.16. The summed E-state index contributed by atoms with van der Waals surface area (Å²) in [7, 11) is 0. The molecule has 1 heterocycles. The smallest absolute Gasteiger partial charge is 0.306 e. The van der Waals surface area contributed by atoms with Crippen molar-refractivity contribution in [3.8, 4) is 11.5 Å². The highest BCUT2D eigenvalue weighted by atomic mass is 16.5. The average molecular weight is 368 g/mol. The van der Waals surface area contributed by atoms with Crippen LogP contribution in [0.2, 0.25) is 0 Å². The van der Waals surface area contributed by atoms with E-state index in [1.807, 2.05) is 0 Å². The van der Waals surface area contributed by atoms with E-state index in [0.29, 0.717) is 35.8 Å². The molecule has 6 heteroatoms. The van der Waals surface area contributed by atoms with Gasteiger partial charge in [0.15, 0.2) is 29.7 Å². The maximum Gasteiger partial charge on any atom is 0.306 e. The number of hydrogen-bond acceptors (Lipinski definition) is 6. The van der Waals surface area contributed by atoms with Crippen LogP contribution in [0.5, 0.6) is 11.5 Å². The molecule has 0 bridgehead atoms. The van der Waals surface area contributed by atoms with Crippen LogP contribution in [-0.2, 0) is 9.53 Å². The molecule has 3 rings (SSSR count). The summed E-state index contributed by atoms with van der Waals surface area (Å²) in [5.41, 5.74) is 0.931. The molecule has 140 valence electrons. The Morgan fingerprint density at radius 3 is 2.33 bits per heavy atom. The molecule has 0 atom stereocenters. The molecule has 2 aromatic rings. The van der Waals surface area contributed by atoms with E-state index >= 15 is 0 Å². The van der Waals surface area contributed by atoms with Gasteiger partial charge in [0.05, 0.1) is 19.6 Å². The quantitative estimate of drug-likeness (QED) is 0.551. The summed E-state index contributed by atoms with van der Waals surface area (Å²) >= 11 is 0. The van der Waals surface area contributed by atoms with Gasteiger partial charge in [0.2, 0.25) is 0 Å². The molecule has 1 aliphatic rings. The van der Waals surface area contributed by atoms with E-state index < -0.39 is 5.97 Å². The summed E-state index contributed by atoms with van der Waals surface area (Å²) in [4.78, 5) is 36.0. The molecule has 1 aliphatic heterocycles. The summed E-state index contributed by atoms with van der Waals surface area (Å²) < 4.78 is 16.1. The Hall–Kier alpha value is -3.15. The van der Waals surface area contributed by atoms with Crippen LogP contribution in [0.4, 0.5) is 0 Å². The summed E-state index contributed by atoms with van der Waals surface area (Å²) in [5, 5.41) is 0. The number of Topliss-reactive ketones (excluding diaryl/α,β-unsaturated/α-hetero) is 2. The highest BCUT2D eigenvalue weighted by molar-refractivity contribution is 5.99. The minimum absolute atomic E-state index is 0.00198. The minimum Gasteiger partial charge on any atom is -0.490 e. The van der Waals surface area contributed by atoms with Crippen molar-refractivity contribution in [1.29, 1.82) is 0 Å². The number of carbonyl (C=O) groups excluding carboxylic acids is 3. The molecule has 0 aliphatic carbocycles. The van der Waals surface area contributed by atoms with Crippen LogP contribution in [0.1, 0.15) is 40.0 Å². The first-order chi connectivity index (χ1) is 13.1. The number of rotatable bonds is 7. The van der Waals surface area contributed by atoms with Crippen LogP contribution in [0, 0.1) is 0 Å². The Balaban J connectivity index is 1.48. The van der Waals surface area contributed by atoms with Crippen LogP contribution in [0.3, 0.4) is 0 Å². The Morgan fingerprint density at radius 2 is 1.56 bits per heavy atom. The zero-order chi connectivity index (χ0) is 19.1. The average Bonchev–Trinajstić information content (AvgIpc) is 2.95. The van der Waals surface area contributed by atoms with Gasteiger partial charge in [-0.2, -0.15) is 0 Å². The monoisotopic (exact) mass is 368 g/mol. The molecule has 0 radical (unpaired) electrons. The summed E-state index contributed by atoms with van der Waals surface area (Å²) in [6.07, 6.45) is 0.693. The molecule has 0 aromatic heterocycles. The van der Waals surface area contributed by atoms with Crippen LogP contribution >= 0.6 is 0 Å². The molecule has 0 fully saturated rings. The van der Waals surface area contributed by atoms with Crippen molar-refractivity contribution >= 4 is 17.5 Å². The predicted molar refractivity (Wildman–Crippen MR) is 97.3 cm³/mol. The number of ketones is 2. The third-order valence-corrected chi connectivity index (χ3v) is 4.09. The Morgan fingerprint density at radius 1 is 0.815 bits per heavy atom. The molecule has 0 saturated carbocycles. The summed E-state index contributed by atoms with van der Waals surface area (Å²) in [6, 6.07) is 13.6. The van der Waals surface area contributed by atoms with Crippen LogP contribution in [0.15, 0.2) is 48.5 Å². The van der Waals surface area contributed by atoms with E-state index in [1.165, 1.54) is 0 Å². The second-order valence-corrected chi connectivity index (χ2v) is 6.09. The third kappa shape index (κ3) is 5.17. The SMILES string of the molecule is O=C(CCC(=O)c1ccc2c(c1)OCCCO2)OCC(=O)c1ccccc1. The molecule has 0 N–H and O–H groups in total. The standard InChI is InChI=1S/C21H20O6/c22-17(16-7-9-19-20(13-16)26-12-4-11-25-19)8-10-21(24)27-14-18(23)15-5-2-1-3-6-15/h1-3,5-7,9,13H,4,8,10-12,14H2. The Kier molecular flexibility index (Phi) is 6.20. The van der Waals surface area contributed by atoms with Gasteiger partial charge in [-0.25, -0.2) is 0 Å². The first kappa shape index (κ1) is 18.6. The summed E-state index contributed by atoms with van der Waals surface area (Å²) in [5.74, 6) is 0.0920. The lowest BCUT2D eigenvalue weighted by atomic mass is 10.1. The number of hydrogen-bond donors (Lipinski definition) is 0. The lowest BCUT2D eigenvalue weighted by Crippen LogP contribution is -2.15. The zero-order valence-electron chi connectivity index (χ0n) is 14.8. The van der Waals surface area contributed by atoms with Crippen LogP contribution in [0.25, 0.3) is 0 Å². The van der Waals surface area contributed by atoms with Crippen molar-refractivity contribution in [2.45, 2.75) is 19.3 Å². The fourth-order valence-electron chi connectivity index (χ4n) is 2.62. The molecule has 0 amide bonds. The molecular weight excluding hydrogens is 348 g/mol. The van der Waals surface area contributed by atoms with Crippen molar-refractivity contribution < 1.29 is 28.6 Å². The van der Waals surface area contributed by atoms with E-state index in [9.17, 15) is 14.4 Å². The molecular formula is C21H20O6. The van der Waals surface area contributed by atoms with Crippen molar-refractivity contribution in [1.82, 2.24) is 0 Å². The number of benzene rings is 2. The largest absolute Gasteiger partial charge is 0.490 e. The third-order valence-electron chi connectivity index (χ3n) is 4.09. The normalized spacial score (nSPS) is 12.7. The topological polar surface area (TPSA) is 78.9 Å². The van der Waals surface area contributed by atoms with Gasteiger partial charge in [0.1, 0.15) is 0 Å². The van der Waals surface area contributed by atoms with E-state index in [2.05, 4.69) is 0 Å². The van der Waals surface area contributed by atoms with Gasteiger partial charge >= 0.3 is 5.97 Å². The van der Waals surface area contributed by atoms with E-state index in [0.717, 1.165) is 6.42 Å². The number of fused-ring (bicyclic) bond motifs is 1. The first-order valence-corrected chi connectivity index (χ1v) is 8.80. The van der Waals surface area contributed by atoms with Gasteiger partial charge in [-0.3, -0.25) is 14.4 Å². The van der Waals surface area contributed by atoms with E-state index in [4.69, 9.17) is 14.2 Å². The van der Waals surface area contributed by atoms with Gasteiger partial charge in [0.25, 0.3) is 0 Å². The lowest BCUT2D eigenvalue weighted by molar-refractivity contribution is -0.142. The first-order valence-electron chi connectivity index (χ1n) is 8.80. The molecule has 0 saturated heterocycles. The van der Waals surface area contributed by atoms with Gasteiger partial charge in [-0.15, -0.1) is 0 Å². The van der Waals surface area contributed by atoms with Crippen molar-refractivity contribution in [2.75, 3.05) is 19.8 Å². The second-order valence-electron chi connectivity index (χ2n) is 6.09. The summed E-state index contributed by atoms with van der Waals surface area (Å²) in [6.45, 7) is 0.779. The van der Waals surface area contributed by atoms with Crippen molar-refractivity contribution in [3.05, 3.63) is 59.7 Å². The van der Waals surface area contributed by atoms with Crippen LogP contribution < -0.4 is 9.47 Å². The maximum absolute atomic E-state index is 12.3. The number of carbonyl (C=O) groups is 3. The zero-order valence-corrected chi connectivity index (χ0v) is 14.8. The second kappa shape index (κ2) is 8.98. The molecule has 0 unspecified atom stereocenters. The molecule has 0 spiro atoms. The van der Waals surface area contributed by atoms with Crippen molar-refractivity contribution in [2.24, 2.45) is 0 Å². The molecule has 6 nitrogen and oxygen atoms in total. The fraction of sp³-hybridized carbons (Fsp3) is 0.286.